The van der Waals surface area contributed by atoms with E-state index in [9.17, 15) is 9.59 Å². The van der Waals surface area contributed by atoms with Crippen LogP contribution >= 0.6 is 47.0 Å². The summed E-state index contributed by atoms with van der Waals surface area (Å²) < 4.78 is -1.82. The number of hydrogen-bond acceptors (Lipinski definition) is 3. The summed E-state index contributed by atoms with van der Waals surface area (Å²) in [4.78, 5) is 23.0. The molecule has 0 bridgehead atoms. The predicted molar refractivity (Wildman–Crippen MR) is 118 cm³/mol. The van der Waals surface area contributed by atoms with E-state index in [0.29, 0.717) is 12.1 Å². The maximum atomic E-state index is 12.1. The van der Waals surface area contributed by atoms with Crippen LogP contribution in [-0.4, -0.2) is 32.1 Å². The number of carbonyl (C=O) groups is 2. The van der Waals surface area contributed by atoms with E-state index in [0.717, 1.165) is 32.1 Å². The predicted octanol–water partition coefficient (Wildman–Crippen LogP) is 4.84. The molecule has 0 fully saturated rings. The molecule has 0 unspecified atom stereocenters. The van der Waals surface area contributed by atoms with Crippen molar-refractivity contribution in [3.05, 3.63) is 29.8 Å². The van der Waals surface area contributed by atoms with Crippen molar-refractivity contribution in [2.45, 2.75) is 55.4 Å². The van der Waals surface area contributed by atoms with Crippen LogP contribution in [0.25, 0.3) is 0 Å². The Morgan fingerprint density at radius 2 is 1.68 bits per heavy atom. The van der Waals surface area contributed by atoms with Crippen molar-refractivity contribution in [2.75, 3.05) is 5.32 Å². The molecule has 0 aliphatic carbocycles. The van der Waals surface area contributed by atoms with Crippen molar-refractivity contribution in [2.24, 2.45) is 0 Å². The topological polar surface area (TPSA) is 90.5 Å². The van der Waals surface area contributed by atoms with E-state index >= 15 is 0 Å². The molecule has 0 spiro atoms. The summed E-state index contributed by atoms with van der Waals surface area (Å²) in [7, 11) is 0. The van der Waals surface area contributed by atoms with Crippen LogP contribution in [0.15, 0.2) is 24.3 Å². The van der Waals surface area contributed by atoms with Gasteiger partial charge in [0.15, 0.2) is 5.11 Å². The minimum atomic E-state index is -1.82. The number of carbonyl (C=O) groups excluding carboxylic acids is 1. The Kier molecular flexibility index (Phi) is 10.9. The number of benzene rings is 1. The van der Waals surface area contributed by atoms with Gasteiger partial charge in [0.25, 0.3) is 0 Å². The SMILES string of the molecule is CCCCCCCC(=O)N[C@@H](NC(=S)Nc1ccc(C(=O)O)cc1)C(Cl)(Cl)Cl. The van der Waals surface area contributed by atoms with Gasteiger partial charge >= 0.3 is 5.97 Å². The Bertz CT molecular complexity index is 666. The molecular weight excluding hydrogens is 445 g/mol. The van der Waals surface area contributed by atoms with Gasteiger partial charge in [0, 0.05) is 12.1 Å². The number of rotatable bonds is 10. The van der Waals surface area contributed by atoms with Gasteiger partial charge in [0.1, 0.15) is 6.17 Å². The normalized spacial score (nSPS) is 12.1. The second kappa shape index (κ2) is 12.3. The molecular formula is C18H24Cl3N3O3S. The summed E-state index contributed by atoms with van der Waals surface area (Å²) in [5.41, 5.74) is 0.697. The fourth-order valence-corrected chi connectivity index (χ4v) is 2.88. The molecule has 4 N–H and O–H groups in total. The highest BCUT2D eigenvalue weighted by molar-refractivity contribution is 7.80. The van der Waals surface area contributed by atoms with E-state index < -0.39 is 15.9 Å². The van der Waals surface area contributed by atoms with E-state index in [4.69, 9.17) is 52.1 Å². The van der Waals surface area contributed by atoms with E-state index in [2.05, 4.69) is 22.9 Å². The number of thiocarbonyl (C=S) groups is 1. The molecule has 1 aromatic carbocycles. The number of anilines is 1. The highest BCUT2D eigenvalue weighted by Crippen LogP contribution is 2.29. The monoisotopic (exact) mass is 467 g/mol. The molecule has 1 amide bonds. The fourth-order valence-electron chi connectivity index (χ4n) is 2.32. The molecule has 1 atom stereocenters. The van der Waals surface area contributed by atoms with Crippen LogP contribution in [0.3, 0.4) is 0 Å². The molecule has 0 radical (unpaired) electrons. The molecule has 0 saturated carbocycles. The van der Waals surface area contributed by atoms with Crippen LogP contribution < -0.4 is 16.0 Å². The molecule has 0 heterocycles. The summed E-state index contributed by atoms with van der Waals surface area (Å²) in [6, 6.07) is 5.97. The number of halogens is 3. The lowest BCUT2D eigenvalue weighted by atomic mass is 10.1. The highest BCUT2D eigenvalue weighted by Gasteiger charge is 2.34. The number of carboxylic acids is 1. The van der Waals surface area contributed by atoms with Crippen molar-refractivity contribution >= 4 is 69.7 Å². The van der Waals surface area contributed by atoms with E-state index in [-0.39, 0.29) is 16.6 Å². The molecule has 1 rings (SSSR count). The second-order valence-corrected chi connectivity index (χ2v) is 8.96. The average molecular weight is 469 g/mol. The maximum Gasteiger partial charge on any atom is 0.335 e. The Hall–Kier alpha value is -1.28. The zero-order valence-corrected chi connectivity index (χ0v) is 18.5. The third-order valence-corrected chi connectivity index (χ3v) is 4.68. The van der Waals surface area contributed by atoms with Crippen LogP contribution in [0.2, 0.25) is 0 Å². The molecule has 1 aromatic rings. The number of aromatic carboxylic acids is 1. The summed E-state index contributed by atoms with van der Waals surface area (Å²) in [6.45, 7) is 2.13. The average Bonchev–Trinajstić information content (AvgIpc) is 2.60. The van der Waals surface area contributed by atoms with Gasteiger partial charge < -0.3 is 21.1 Å². The first-order valence-corrected chi connectivity index (χ1v) is 10.4. The van der Waals surface area contributed by atoms with Gasteiger partial charge in [0.2, 0.25) is 9.70 Å². The summed E-state index contributed by atoms with van der Waals surface area (Å²) >= 11 is 23.0. The number of alkyl halides is 3. The Labute approximate surface area is 185 Å². The van der Waals surface area contributed by atoms with E-state index in [1.165, 1.54) is 12.1 Å². The number of amides is 1. The lowest BCUT2D eigenvalue weighted by Gasteiger charge is -2.27. The molecule has 10 heteroatoms. The molecule has 0 aliphatic rings. The summed E-state index contributed by atoms with van der Waals surface area (Å²) in [5, 5.41) is 17.3. The quantitative estimate of drug-likeness (QED) is 0.170. The first-order chi connectivity index (χ1) is 13.1. The summed E-state index contributed by atoms with van der Waals surface area (Å²) in [6.07, 6.45) is 4.40. The number of carboxylic acid groups (broad SMARTS) is 1. The van der Waals surface area contributed by atoms with Gasteiger partial charge in [-0.1, -0.05) is 67.4 Å². The van der Waals surface area contributed by atoms with E-state index in [1.54, 1.807) is 12.1 Å². The third kappa shape index (κ3) is 9.78. The molecule has 0 saturated heterocycles. The zero-order valence-electron chi connectivity index (χ0n) is 15.4. The van der Waals surface area contributed by atoms with Gasteiger partial charge in [-0.25, -0.2) is 4.79 Å². The van der Waals surface area contributed by atoms with Gasteiger partial charge in [-0.15, -0.1) is 0 Å². The fraction of sp³-hybridized carbons (Fsp3) is 0.500. The number of unbranched alkanes of at least 4 members (excludes halogenated alkanes) is 4. The number of hydrogen-bond donors (Lipinski definition) is 4. The Morgan fingerprint density at radius 1 is 1.07 bits per heavy atom. The van der Waals surface area contributed by atoms with Crippen LogP contribution in [-0.2, 0) is 4.79 Å². The molecule has 0 aromatic heterocycles. The third-order valence-electron chi connectivity index (χ3n) is 3.81. The van der Waals surface area contributed by atoms with Crippen LogP contribution in [0.1, 0.15) is 55.8 Å². The summed E-state index contributed by atoms with van der Waals surface area (Å²) in [5.74, 6) is -1.27. The lowest BCUT2D eigenvalue weighted by molar-refractivity contribution is -0.122. The first kappa shape index (κ1) is 24.8. The van der Waals surface area contributed by atoms with Crippen molar-refractivity contribution < 1.29 is 14.7 Å². The van der Waals surface area contributed by atoms with Crippen molar-refractivity contribution in [1.29, 1.82) is 0 Å². The second-order valence-electron chi connectivity index (χ2n) is 6.19. The van der Waals surface area contributed by atoms with Gasteiger partial charge in [-0.05, 0) is 42.9 Å². The largest absolute Gasteiger partial charge is 0.478 e. The van der Waals surface area contributed by atoms with Gasteiger partial charge in [-0.2, -0.15) is 0 Å². The van der Waals surface area contributed by atoms with Crippen molar-refractivity contribution in [3.8, 4) is 0 Å². The van der Waals surface area contributed by atoms with Gasteiger partial charge in [0.05, 0.1) is 5.56 Å². The van der Waals surface area contributed by atoms with Crippen LogP contribution in [0, 0.1) is 0 Å². The lowest BCUT2D eigenvalue weighted by Crippen LogP contribution is -2.56. The van der Waals surface area contributed by atoms with E-state index in [1.807, 2.05) is 0 Å². The van der Waals surface area contributed by atoms with Crippen molar-refractivity contribution in [1.82, 2.24) is 10.6 Å². The van der Waals surface area contributed by atoms with Crippen LogP contribution in [0.5, 0.6) is 0 Å². The van der Waals surface area contributed by atoms with Crippen LogP contribution in [0.4, 0.5) is 5.69 Å². The molecule has 0 aliphatic heterocycles. The minimum absolute atomic E-state index is 0.114. The van der Waals surface area contributed by atoms with Crippen molar-refractivity contribution in [3.63, 3.8) is 0 Å². The molecule has 28 heavy (non-hydrogen) atoms. The first-order valence-electron chi connectivity index (χ1n) is 8.90. The molecule has 6 nitrogen and oxygen atoms in total. The minimum Gasteiger partial charge on any atom is -0.478 e. The smallest absolute Gasteiger partial charge is 0.335 e. The Morgan fingerprint density at radius 3 is 2.21 bits per heavy atom. The maximum absolute atomic E-state index is 12.1. The Balaban J connectivity index is 2.57. The van der Waals surface area contributed by atoms with Gasteiger partial charge in [-0.3, -0.25) is 4.79 Å². The molecule has 156 valence electrons. The zero-order chi connectivity index (χ0) is 21.2. The standard InChI is InChI=1S/C18H24Cl3N3O3S/c1-2-3-4-5-6-7-14(25)23-16(18(19,20)21)24-17(28)22-13-10-8-12(9-11-13)15(26)27/h8-11,16H,2-7H2,1H3,(H,23,25)(H,26,27)(H2,22,24,28)/t16-/m0/s1. The number of nitrogens with one attached hydrogen (secondary N) is 3. The highest BCUT2D eigenvalue weighted by atomic mass is 35.6.